The Hall–Kier alpha value is -6.96. The highest BCUT2D eigenvalue weighted by Crippen LogP contribution is 2.45. The van der Waals surface area contributed by atoms with Crippen LogP contribution in [0.1, 0.15) is 84.9 Å². The first-order valence-electron chi connectivity index (χ1n) is 22.6. The number of phenols is 1. The van der Waals surface area contributed by atoms with E-state index in [0.717, 1.165) is 10.5 Å². The number of hydrogen-bond donors (Lipinski definition) is 11. The van der Waals surface area contributed by atoms with Gasteiger partial charge in [0.15, 0.2) is 17.3 Å². The number of anilines is 1. The molecule has 0 spiro atoms. The zero-order chi connectivity index (χ0) is 52.5. The highest BCUT2D eigenvalue weighted by molar-refractivity contribution is 7.87. The van der Waals surface area contributed by atoms with E-state index < -0.39 is 76.3 Å². The molecule has 0 radical (unpaired) electrons. The molecule has 384 valence electrons. The number of aryl methyl sites for hydroxylation is 1. The van der Waals surface area contributed by atoms with Gasteiger partial charge in [0.05, 0.1) is 25.5 Å². The van der Waals surface area contributed by atoms with Crippen molar-refractivity contribution in [3.63, 3.8) is 0 Å². The molecule has 3 aromatic carbocycles. The molecule has 23 nitrogen and oxygen atoms in total. The number of fused-ring (bicyclic) bond motifs is 5. The second-order valence-electron chi connectivity index (χ2n) is 18.0. The van der Waals surface area contributed by atoms with E-state index in [1.165, 1.54) is 33.0 Å². The van der Waals surface area contributed by atoms with Crippen LogP contribution in [0.5, 0.6) is 17.2 Å². The Balaban J connectivity index is 1.66. The van der Waals surface area contributed by atoms with E-state index in [2.05, 4.69) is 25.9 Å². The highest BCUT2D eigenvalue weighted by Gasteiger charge is 2.38. The molecule has 0 fully saturated rings. The average molecular weight is 1010 g/mol. The summed E-state index contributed by atoms with van der Waals surface area (Å²) in [7, 11) is -3.36. The third-order valence-corrected chi connectivity index (χ3v) is 12.1. The van der Waals surface area contributed by atoms with Crippen LogP contribution in [0.2, 0.25) is 0 Å². The molecule has 24 heteroatoms. The van der Waals surface area contributed by atoms with Crippen molar-refractivity contribution in [3.05, 3.63) is 82.0 Å². The van der Waals surface area contributed by atoms with Crippen LogP contribution < -0.4 is 52.5 Å². The van der Waals surface area contributed by atoms with Gasteiger partial charge in [-0.05, 0) is 91.7 Å². The van der Waals surface area contributed by atoms with E-state index in [4.69, 9.17) is 31.8 Å². The topological polar surface area (TPSA) is 380 Å². The molecule has 0 saturated carbocycles. The van der Waals surface area contributed by atoms with Crippen molar-refractivity contribution in [3.8, 4) is 39.8 Å². The third-order valence-electron chi connectivity index (χ3n) is 11.6. The molecule has 4 amide bonds. The number of carboxylic acids is 1. The van der Waals surface area contributed by atoms with Crippen molar-refractivity contribution in [2.75, 3.05) is 45.6 Å². The summed E-state index contributed by atoms with van der Waals surface area (Å²) in [6.07, 6.45) is 0.536. The quantitative estimate of drug-likeness (QED) is 0.0600. The lowest BCUT2D eigenvalue weighted by Crippen LogP contribution is -2.57. The number of aromatic nitrogens is 2. The Morgan fingerprint density at radius 3 is 2.18 bits per heavy atom. The fourth-order valence-corrected chi connectivity index (χ4v) is 8.12. The number of hydrogen-bond acceptors (Lipinski definition) is 16. The van der Waals surface area contributed by atoms with Crippen LogP contribution in [0.3, 0.4) is 0 Å². The van der Waals surface area contributed by atoms with Gasteiger partial charge >= 0.3 is 5.97 Å². The number of ether oxygens (including phenoxy) is 2. The van der Waals surface area contributed by atoms with Crippen molar-refractivity contribution >= 4 is 45.6 Å². The van der Waals surface area contributed by atoms with Gasteiger partial charge in [-0.15, -0.1) is 0 Å². The first-order valence-corrected chi connectivity index (χ1v) is 24.2. The predicted octanol–water partition coefficient (Wildman–Crippen LogP) is 0.373. The summed E-state index contributed by atoms with van der Waals surface area (Å²) in [5.74, 6) is -6.05. The summed E-state index contributed by atoms with van der Waals surface area (Å²) in [5, 5.41) is 45.1. The zero-order valence-corrected chi connectivity index (χ0v) is 41.2. The van der Waals surface area contributed by atoms with Gasteiger partial charge < -0.3 is 62.8 Å². The molecule has 1 aliphatic rings. The van der Waals surface area contributed by atoms with Crippen LogP contribution in [0, 0.1) is 6.92 Å². The minimum absolute atomic E-state index is 0.0113. The Labute approximate surface area is 411 Å². The number of nitrogen functional groups attached to an aromatic ring is 1. The van der Waals surface area contributed by atoms with Crippen LogP contribution in [0.15, 0.2) is 48.5 Å². The van der Waals surface area contributed by atoms with E-state index in [1.54, 1.807) is 24.3 Å². The standard InChI is InChI=1S/C47H63N11O12S/c1-24-37(40(50)57-41(53-24)30-11-10-29(47(3,4)5)19-28(30)23-59)43(62)56-34(22-52-71(51,67)68)45(64)58(6)38-27-20-32(39(60)36(21-27)70-16-8-14-49)31-17-26(9-12-35(31)69-15-7-13-48)18-33(46(65)66)55-42(61)25(2)54-44(38)63/h9-12,17,19-21,25,33-34,38,52,59-60H,7-8,13-16,18,22-23,48-49H2,1-6H3,(H,54,63)(H,55,61)(H,56,62)(H,65,66)(H2,50,53,57)(H2,51,67,68)/t25-,33-,34-,38-/m0/s1. The summed E-state index contributed by atoms with van der Waals surface area (Å²) in [6, 6.07) is 6.21. The predicted molar refractivity (Wildman–Crippen MR) is 262 cm³/mol. The lowest BCUT2D eigenvalue weighted by atomic mass is 9.85. The number of nitrogens with one attached hydrogen (secondary N) is 4. The molecule has 5 rings (SSSR count). The first-order chi connectivity index (χ1) is 33.4. The molecule has 0 saturated heterocycles. The number of aliphatic hydroxyl groups excluding tert-OH is 1. The zero-order valence-electron chi connectivity index (χ0n) is 40.4. The summed E-state index contributed by atoms with van der Waals surface area (Å²) in [6.45, 7) is 8.17. The molecule has 4 aromatic rings. The summed E-state index contributed by atoms with van der Waals surface area (Å²) in [4.78, 5) is 79.6. The number of amides is 4. The average Bonchev–Trinajstić information content (AvgIpc) is 3.29. The number of carbonyl (C=O) groups is 5. The Morgan fingerprint density at radius 1 is 0.930 bits per heavy atom. The van der Waals surface area contributed by atoms with Crippen molar-refractivity contribution < 1.29 is 57.2 Å². The maximum atomic E-state index is 14.9. The number of carbonyl (C=O) groups excluding carboxylic acids is 4. The van der Waals surface area contributed by atoms with Crippen LogP contribution in [0.4, 0.5) is 5.82 Å². The number of nitrogens with zero attached hydrogens (tertiary/aromatic N) is 3. The van der Waals surface area contributed by atoms with Crippen LogP contribution in [0.25, 0.3) is 22.5 Å². The second-order valence-corrected chi connectivity index (χ2v) is 19.4. The molecular weight excluding hydrogens is 943 g/mol. The van der Waals surface area contributed by atoms with E-state index in [1.807, 2.05) is 37.6 Å². The molecule has 15 N–H and O–H groups in total. The maximum absolute atomic E-state index is 14.9. The minimum atomic E-state index is -4.53. The molecule has 4 atom stereocenters. The number of benzene rings is 3. The van der Waals surface area contributed by atoms with Crippen molar-refractivity contribution in [1.82, 2.24) is 35.5 Å². The lowest BCUT2D eigenvalue weighted by Gasteiger charge is -2.33. The Bertz CT molecular complexity index is 2750. The number of aromatic hydroxyl groups is 1. The molecular formula is C47H63N11O12S. The van der Waals surface area contributed by atoms with E-state index in [0.29, 0.717) is 29.5 Å². The van der Waals surface area contributed by atoms with Gasteiger partial charge in [-0.1, -0.05) is 45.0 Å². The second kappa shape index (κ2) is 23.3. The van der Waals surface area contributed by atoms with Crippen LogP contribution in [-0.4, -0.2) is 126 Å². The Kier molecular flexibility index (Phi) is 18.0. The van der Waals surface area contributed by atoms with Gasteiger partial charge in [-0.2, -0.15) is 13.1 Å². The van der Waals surface area contributed by atoms with Gasteiger partial charge in [0.2, 0.25) is 17.7 Å². The third kappa shape index (κ3) is 13.7. The van der Waals surface area contributed by atoms with Crippen LogP contribution >= 0.6 is 0 Å². The van der Waals surface area contributed by atoms with E-state index >= 15 is 0 Å². The van der Waals surface area contributed by atoms with Crippen molar-refractivity contribution in [1.29, 1.82) is 0 Å². The Morgan fingerprint density at radius 2 is 1.59 bits per heavy atom. The van der Waals surface area contributed by atoms with E-state index in [-0.39, 0.29) is 95.8 Å². The largest absolute Gasteiger partial charge is 0.504 e. The highest BCUT2D eigenvalue weighted by atomic mass is 32.2. The van der Waals surface area contributed by atoms with E-state index in [9.17, 15) is 47.7 Å². The molecule has 0 unspecified atom stereocenters. The maximum Gasteiger partial charge on any atom is 0.326 e. The number of phenolic OH excluding ortho intramolecular Hbond substituents is 1. The molecule has 4 bridgehead atoms. The fourth-order valence-electron chi connectivity index (χ4n) is 7.72. The number of rotatable bonds is 18. The van der Waals surface area contributed by atoms with Gasteiger partial charge in [0.1, 0.15) is 41.3 Å². The van der Waals surface area contributed by atoms with Gasteiger partial charge in [-0.3, -0.25) is 19.2 Å². The number of carboxylic acid groups (broad SMARTS) is 1. The number of nitrogens with two attached hydrogens (primary N) is 4. The molecule has 71 heavy (non-hydrogen) atoms. The van der Waals surface area contributed by atoms with Gasteiger partial charge in [0.25, 0.3) is 16.1 Å². The minimum Gasteiger partial charge on any atom is -0.504 e. The first kappa shape index (κ1) is 55.0. The molecule has 2 heterocycles. The number of aliphatic hydroxyl groups is 1. The van der Waals surface area contributed by atoms with Crippen molar-refractivity contribution in [2.24, 2.45) is 16.6 Å². The van der Waals surface area contributed by atoms with Gasteiger partial charge in [-0.25, -0.2) is 19.9 Å². The monoisotopic (exact) mass is 1010 g/mol. The number of aliphatic carboxylic acids is 1. The molecule has 1 aromatic heterocycles. The lowest BCUT2D eigenvalue weighted by molar-refractivity contribution is -0.143. The van der Waals surface area contributed by atoms with Gasteiger partial charge in [0, 0.05) is 36.7 Å². The summed E-state index contributed by atoms with van der Waals surface area (Å²) in [5.41, 5.74) is 19.9. The molecule has 0 aliphatic carbocycles. The molecule has 1 aliphatic heterocycles. The summed E-state index contributed by atoms with van der Waals surface area (Å²) < 4.78 is 38.7. The van der Waals surface area contributed by atoms with Crippen LogP contribution in [-0.2, 0) is 47.8 Å². The summed E-state index contributed by atoms with van der Waals surface area (Å²) >= 11 is 0. The smallest absolute Gasteiger partial charge is 0.326 e. The van der Waals surface area contributed by atoms with Crippen molar-refractivity contribution in [2.45, 2.75) is 90.1 Å². The SMILES string of the molecule is Cc1nc(-c2ccc(C(C)(C)C)cc2CO)nc(N)c1C(=O)N[C@@H](CNS(N)(=O)=O)C(=O)N(C)[C@@H]1C(=O)N[C@@H](C)C(=O)N[C@H](C(=O)O)Cc2ccc(OCCCN)c(c2)-c2cc1cc(OCCCN)c2O. The fraction of sp³-hybridized carbons (Fsp3) is 0.426. The number of likely N-dealkylation sites (N-methyl/N-ethyl adjacent to an activating group) is 1. The normalized spacial score (nSPS) is 16.7.